The standard InChI is InChI=1S/C56H88N8O11/c1-11-36(6)40(44(74-9)33-49(69)63-29-18-22-43(63)53(75-10)37(7)55(72)58-42(54(57)71)30-38-20-14-12-15-21-38)31-39-32-41(39)52(70)50(34(2)3)59-56(73)51(35(4)5)62(8)27-19-24-46(66)61-60-45(65)23-16-13-17-28-64-47(67)25-26-48(64)68/h12,14-15,20-21,25-26,34-37,39-44,50-51,53H,11,13,16-19,22-24,27-33H2,1-10H3,(H2,57,71)(H,58,72)(H,59,73)(H,60,65)(H,61,66). The van der Waals surface area contributed by atoms with Crippen molar-refractivity contribution >= 4 is 53.0 Å². The first kappa shape index (κ1) is 62.0. The lowest BCUT2D eigenvalue weighted by Crippen LogP contribution is -2.54. The number of unbranched alkanes of at least 4 members (excludes halogenated alkanes) is 2. The summed E-state index contributed by atoms with van der Waals surface area (Å²) in [7, 11) is 4.98. The van der Waals surface area contributed by atoms with Gasteiger partial charge in [0, 0.05) is 64.6 Å². The molecular formula is C56H88N8O11. The number of likely N-dealkylation sites (N-methyl/N-ethyl adjacent to an activating group) is 1. The van der Waals surface area contributed by atoms with Gasteiger partial charge < -0.3 is 30.7 Å². The molecule has 6 N–H and O–H groups in total. The number of methoxy groups -OCH3 is 2. The lowest BCUT2D eigenvalue weighted by atomic mass is 9.80. The molecule has 3 aliphatic rings. The van der Waals surface area contributed by atoms with E-state index in [4.69, 9.17) is 15.2 Å². The molecule has 8 amide bonds. The summed E-state index contributed by atoms with van der Waals surface area (Å²) in [5.74, 6) is -3.78. The van der Waals surface area contributed by atoms with E-state index in [2.05, 4.69) is 35.3 Å². The van der Waals surface area contributed by atoms with Crippen LogP contribution in [0.25, 0.3) is 0 Å². The number of primary amides is 1. The van der Waals surface area contributed by atoms with E-state index in [1.54, 1.807) is 14.0 Å². The summed E-state index contributed by atoms with van der Waals surface area (Å²) >= 11 is 0. The van der Waals surface area contributed by atoms with Gasteiger partial charge in [-0.2, -0.15) is 0 Å². The molecule has 1 aliphatic carbocycles. The molecule has 0 spiro atoms. The highest BCUT2D eigenvalue weighted by molar-refractivity contribution is 6.12. The topological polar surface area (TPSA) is 256 Å². The number of carbonyl (C=O) groups excluding carboxylic acids is 9. The summed E-state index contributed by atoms with van der Waals surface area (Å²) in [6.07, 6.45) is 7.81. The minimum atomic E-state index is -0.915. The van der Waals surface area contributed by atoms with Crippen molar-refractivity contribution in [2.75, 3.05) is 40.9 Å². The van der Waals surface area contributed by atoms with Gasteiger partial charge in [0.25, 0.3) is 11.8 Å². The fourth-order valence-electron chi connectivity index (χ4n) is 10.9. The molecule has 0 radical (unpaired) electrons. The first-order valence-corrected chi connectivity index (χ1v) is 27.3. The number of hydrogen-bond donors (Lipinski definition) is 5. The number of ketones is 1. The molecule has 2 heterocycles. The zero-order chi connectivity index (χ0) is 55.5. The average Bonchev–Trinajstić information content (AvgIpc) is 3.85. The van der Waals surface area contributed by atoms with Gasteiger partial charge in [0.05, 0.1) is 42.7 Å². The van der Waals surface area contributed by atoms with Gasteiger partial charge >= 0.3 is 0 Å². The van der Waals surface area contributed by atoms with Crippen LogP contribution in [0, 0.1) is 41.4 Å². The summed E-state index contributed by atoms with van der Waals surface area (Å²) < 4.78 is 12.1. The minimum Gasteiger partial charge on any atom is -0.381 e. The van der Waals surface area contributed by atoms with Crippen molar-refractivity contribution in [2.24, 2.45) is 47.2 Å². The molecule has 75 heavy (non-hydrogen) atoms. The highest BCUT2D eigenvalue weighted by atomic mass is 16.5. The Bertz CT molecular complexity index is 2120. The van der Waals surface area contributed by atoms with Gasteiger partial charge in [-0.3, -0.25) is 63.8 Å². The fourth-order valence-corrected chi connectivity index (χ4v) is 10.9. The molecule has 0 aromatic heterocycles. The van der Waals surface area contributed by atoms with Gasteiger partial charge in [-0.1, -0.05) is 91.6 Å². The molecule has 1 saturated carbocycles. The maximum Gasteiger partial charge on any atom is 0.253 e. The molecule has 2 aliphatic heterocycles. The summed E-state index contributed by atoms with van der Waals surface area (Å²) in [6, 6.07) is 6.76. The SMILES string of the molecule is CCC(C)C(CC1CC1C(=O)C(NC(=O)C(C(C)C)N(C)CCCC(=O)NNC(=O)CCCCCN1C(=O)C=CC1=O)C(C)C)C(CC(=O)N1CCCC1C(OC)C(C)C(=O)NC(Cc1ccccc1)C(N)=O)OC. The zero-order valence-electron chi connectivity index (χ0n) is 46.3. The number of amides is 8. The zero-order valence-corrected chi connectivity index (χ0v) is 46.3. The number of carbonyl (C=O) groups is 9. The van der Waals surface area contributed by atoms with Crippen molar-refractivity contribution in [1.29, 1.82) is 0 Å². The second-order valence-corrected chi connectivity index (χ2v) is 21.8. The molecule has 2 fully saturated rings. The third-order valence-corrected chi connectivity index (χ3v) is 15.6. The van der Waals surface area contributed by atoms with Crippen molar-refractivity contribution in [3.8, 4) is 0 Å². The van der Waals surface area contributed by atoms with Crippen LogP contribution in [0.5, 0.6) is 0 Å². The molecule has 19 heteroatoms. The predicted octanol–water partition coefficient (Wildman–Crippen LogP) is 4.01. The number of ether oxygens (including phenoxy) is 2. The van der Waals surface area contributed by atoms with Crippen molar-refractivity contribution in [1.82, 2.24) is 36.2 Å². The second kappa shape index (κ2) is 30.3. The van der Waals surface area contributed by atoms with Gasteiger partial charge in [-0.25, -0.2) is 0 Å². The van der Waals surface area contributed by atoms with E-state index in [0.717, 1.165) is 23.3 Å². The third-order valence-electron chi connectivity index (χ3n) is 15.6. The number of hydrogen-bond acceptors (Lipinski definition) is 12. The second-order valence-electron chi connectivity index (χ2n) is 21.8. The highest BCUT2D eigenvalue weighted by Crippen LogP contribution is 2.47. The molecule has 11 atom stereocenters. The molecule has 11 unspecified atom stereocenters. The Morgan fingerprint density at radius 1 is 0.813 bits per heavy atom. The minimum absolute atomic E-state index is 0.00123. The fraction of sp³-hybridized carbons (Fsp3) is 0.696. The Kier molecular flexibility index (Phi) is 25.0. The summed E-state index contributed by atoms with van der Waals surface area (Å²) in [4.78, 5) is 122. The number of nitrogens with two attached hydrogens (primary N) is 1. The highest BCUT2D eigenvalue weighted by Gasteiger charge is 2.49. The lowest BCUT2D eigenvalue weighted by molar-refractivity contribution is -0.143. The monoisotopic (exact) mass is 1050 g/mol. The number of nitrogens with zero attached hydrogens (tertiary/aromatic N) is 3. The van der Waals surface area contributed by atoms with Crippen LogP contribution in [0.15, 0.2) is 42.5 Å². The maximum atomic E-state index is 14.3. The number of nitrogens with one attached hydrogen (secondary N) is 4. The normalized spacial score (nSPS) is 20.6. The van der Waals surface area contributed by atoms with Crippen LogP contribution >= 0.6 is 0 Å². The first-order chi connectivity index (χ1) is 35.6. The van der Waals surface area contributed by atoms with Crippen molar-refractivity contribution in [3.63, 3.8) is 0 Å². The van der Waals surface area contributed by atoms with E-state index in [-0.39, 0.29) is 114 Å². The van der Waals surface area contributed by atoms with Crippen molar-refractivity contribution in [3.05, 3.63) is 48.0 Å². The number of rotatable bonds is 33. The number of likely N-dealkylation sites (tertiary alicyclic amines) is 1. The molecule has 19 nitrogen and oxygen atoms in total. The van der Waals surface area contributed by atoms with Crippen LogP contribution in [0.4, 0.5) is 0 Å². The molecular weight excluding hydrogens is 961 g/mol. The summed E-state index contributed by atoms with van der Waals surface area (Å²) in [5.41, 5.74) is 11.4. The van der Waals surface area contributed by atoms with E-state index < -0.39 is 42.2 Å². The average molecular weight is 1050 g/mol. The van der Waals surface area contributed by atoms with Gasteiger partial charge in [0.15, 0.2) is 5.78 Å². The molecule has 418 valence electrons. The predicted molar refractivity (Wildman–Crippen MR) is 283 cm³/mol. The Balaban J connectivity index is 1.27. The molecule has 1 aromatic rings. The Morgan fingerprint density at radius 3 is 2.03 bits per heavy atom. The van der Waals surface area contributed by atoms with E-state index in [1.807, 2.05) is 74.9 Å². The van der Waals surface area contributed by atoms with Crippen LogP contribution in [0.1, 0.15) is 131 Å². The number of imide groups is 1. The van der Waals surface area contributed by atoms with Crippen LogP contribution in [-0.4, -0.2) is 145 Å². The largest absolute Gasteiger partial charge is 0.381 e. The van der Waals surface area contributed by atoms with Gasteiger partial charge in [-0.05, 0) is 93.7 Å². The Morgan fingerprint density at radius 2 is 1.45 bits per heavy atom. The van der Waals surface area contributed by atoms with Crippen molar-refractivity contribution < 1.29 is 52.6 Å². The number of Topliss-reactive ketones (excluding diaryl/α,β-unsaturated/α-hetero) is 1. The Labute approximate surface area is 444 Å². The summed E-state index contributed by atoms with van der Waals surface area (Å²) in [6.45, 7) is 15.0. The Hall–Kier alpha value is -5.53. The van der Waals surface area contributed by atoms with Crippen LogP contribution in [-0.2, 0) is 59.0 Å². The van der Waals surface area contributed by atoms with E-state index >= 15 is 0 Å². The van der Waals surface area contributed by atoms with E-state index in [9.17, 15) is 43.2 Å². The van der Waals surface area contributed by atoms with Crippen LogP contribution in [0.3, 0.4) is 0 Å². The van der Waals surface area contributed by atoms with Crippen molar-refractivity contribution in [2.45, 2.75) is 168 Å². The lowest BCUT2D eigenvalue weighted by Gasteiger charge is -2.36. The molecule has 0 bridgehead atoms. The van der Waals surface area contributed by atoms with E-state index in [1.165, 1.54) is 19.3 Å². The first-order valence-electron chi connectivity index (χ1n) is 27.3. The molecule has 4 rings (SSSR count). The molecule has 1 saturated heterocycles. The molecule has 1 aromatic carbocycles. The van der Waals surface area contributed by atoms with Crippen LogP contribution < -0.4 is 27.2 Å². The third kappa shape index (κ3) is 18.3. The van der Waals surface area contributed by atoms with Gasteiger partial charge in [0.2, 0.25) is 35.4 Å². The number of benzene rings is 1. The quantitative estimate of drug-likeness (QED) is 0.0380. The smallest absolute Gasteiger partial charge is 0.253 e. The van der Waals surface area contributed by atoms with Gasteiger partial charge in [0.1, 0.15) is 6.04 Å². The van der Waals surface area contributed by atoms with Gasteiger partial charge in [-0.15, -0.1) is 0 Å². The summed E-state index contributed by atoms with van der Waals surface area (Å²) in [5, 5.41) is 5.93. The maximum absolute atomic E-state index is 14.3. The van der Waals surface area contributed by atoms with Crippen LogP contribution in [0.2, 0.25) is 0 Å². The van der Waals surface area contributed by atoms with E-state index in [0.29, 0.717) is 64.6 Å². The number of hydrazine groups is 1.